The molecule has 5 heteroatoms. The zero-order valence-electron chi connectivity index (χ0n) is 17.8. The van der Waals surface area contributed by atoms with Crippen LogP contribution < -0.4 is 15.2 Å². The minimum absolute atomic E-state index is 0.0261. The predicted octanol–water partition coefficient (Wildman–Crippen LogP) is 4.50. The van der Waals surface area contributed by atoms with Crippen LogP contribution in [0.1, 0.15) is 56.0 Å². The molecule has 5 rings (SSSR count). The van der Waals surface area contributed by atoms with Crippen LogP contribution in [0.25, 0.3) is 10.9 Å². The molecule has 2 aromatic carbocycles. The van der Waals surface area contributed by atoms with Crippen molar-refractivity contribution in [3.8, 4) is 11.5 Å². The molecule has 2 heterocycles. The first-order chi connectivity index (χ1) is 14.3. The second-order valence-electron chi connectivity index (χ2n) is 9.61. The number of aromatic amines is 1. The number of benzene rings is 2. The predicted molar refractivity (Wildman–Crippen MR) is 117 cm³/mol. The quantitative estimate of drug-likeness (QED) is 0.657. The van der Waals surface area contributed by atoms with Crippen molar-refractivity contribution in [2.45, 2.75) is 57.4 Å². The molecule has 0 radical (unpaired) electrons. The molecular formula is C25H28N2O3. The van der Waals surface area contributed by atoms with Gasteiger partial charge in [-0.3, -0.25) is 4.79 Å². The minimum atomic E-state index is -0.395. The van der Waals surface area contributed by atoms with Crippen LogP contribution in [0.3, 0.4) is 0 Å². The number of nitrogens with two attached hydrogens (primary N) is 1. The van der Waals surface area contributed by atoms with E-state index in [0.29, 0.717) is 13.0 Å². The first-order valence-corrected chi connectivity index (χ1v) is 10.6. The molecule has 1 aliphatic heterocycles. The number of hydrogen-bond donors (Lipinski definition) is 2. The van der Waals surface area contributed by atoms with Crippen molar-refractivity contribution >= 4 is 16.7 Å². The molecule has 1 aromatic heterocycles. The molecule has 5 nitrogen and oxygen atoms in total. The molecule has 0 amide bonds. The fourth-order valence-electron chi connectivity index (χ4n) is 4.46. The van der Waals surface area contributed by atoms with E-state index < -0.39 is 5.41 Å². The Morgan fingerprint density at radius 3 is 2.57 bits per heavy atom. The number of rotatable bonds is 5. The zero-order chi connectivity index (χ0) is 21.1. The molecule has 0 bridgehead atoms. The molecule has 0 unspecified atom stereocenters. The van der Waals surface area contributed by atoms with E-state index in [0.717, 1.165) is 51.9 Å². The minimum Gasteiger partial charge on any atom is -0.454 e. The Morgan fingerprint density at radius 1 is 1.10 bits per heavy atom. The van der Waals surface area contributed by atoms with Gasteiger partial charge in [-0.15, -0.1) is 0 Å². The SMILES string of the molecule is CC(C)(C)c1cc2cc(CC(=O)C3(c4ccc5c(c4)OCO5)CC3)cc(CN)c2[nH]1. The number of nitrogens with one attached hydrogen (secondary N) is 1. The summed E-state index contributed by atoms with van der Waals surface area (Å²) in [6.45, 7) is 7.25. The summed E-state index contributed by atoms with van der Waals surface area (Å²) < 4.78 is 10.9. The molecule has 0 saturated heterocycles. The van der Waals surface area contributed by atoms with Crippen molar-refractivity contribution in [1.29, 1.82) is 0 Å². The Labute approximate surface area is 176 Å². The molecular weight excluding hydrogens is 376 g/mol. The molecule has 30 heavy (non-hydrogen) atoms. The van der Waals surface area contributed by atoms with Gasteiger partial charge in [-0.25, -0.2) is 0 Å². The number of carbonyl (C=O) groups is 1. The van der Waals surface area contributed by atoms with E-state index in [1.165, 1.54) is 5.69 Å². The zero-order valence-corrected chi connectivity index (χ0v) is 17.8. The molecule has 1 saturated carbocycles. The Bertz CT molecular complexity index is 1150. The Kier molecular flexibility index (Phi) is 4.23. The molecule has 0 atom stereocenters. The number of ketones is 1. The number of Topliss-reactive ketones (excluding diaryl/α,β-unsaturated/α-hetero) is 1. The fraction of sp³-hybridized carbons (Fsp3) is 0.400. The normalized spacial score (nSPS) is 16.8. The average Bonchev–Trinajstić information content (AvgIpc) is 3.18. The lowest BCUT2D eigenvalue weighted by molar-refractivity contribution is -0.120. The lowest BCUT2D eigenvalue weighted by Crippen LogP contribution is -2.22. The molecule has 156 valence electrons. The average molecular weight is 405 g/mol. The van der Waals surface area contributed by atoms with Crippen LogP contribution in [0, 0.1) is 0 Å². The third-order valence-electron chi connectivity index (χ3n) is 6.47. The van der Waals surface area contributed by atoms with Crippen LogP contribution >= 0.6 is 0 Å². The van der Waals surface area contributed by atoms with Crippen LogP contribution in [-0.4, -0.2) is 17.6 Å². The smallest absolute Gasteiger partial charge is 0.231 e. The van der Waals surface area contributed by atoms with E-state index in [2.05, 4.69) is 44.0 Å². The van der Waals surface area contributed by atoms with Gasteiger partial charge in [-0.2, -0.15) is 0 Å². The summed E-state index contributed by atoms with van der Waals surface area (Å²) in [5.74, 6) is 1.75. The second-order valence-corrected chi connectivity index (χ2v) is 9.61. The van der Waals surface area contributed by atoms with E-state index in [1.807, 2.05) is 18.2 Å². The number of hydrogen-bond acceptors (Lipinski definition) is 4. The van der Waals surface area contributed by atoms with Gasteiger partial charge in [0.25, 0.3) is 0 Å². The Hall–Kier alpha value is -2.79. The Morgan fingerprint density at radius 2 is 1.87 bits per heavy atom. The highest BCUT2D eigenvalue weighted by molar-refractivity contribution is 5.96. The van der Waals surface area contributed by atoms with Gasteiger partial charge in [-0.05, 0) is 53.8 Å². The number of carbonyl (C=O) groups excluding carboxylic acids is 1. The maximum Gasteiger partial charge on any atom is 0.231 e. The summed E-state index contributed by atoms with van der Waals surface area (Å²) in [6.07, 6.45) is 2.18. The summed E-state index contributed by atoms with van der Waals surface area (Å²) in [4.78, 5) is 16.9. The summed E-state index contributed by atoms with van der Waals surface area (Å²) in [6, 6.07) is 12.3. The van der Waals surface area contributed by atoms with E-state index in [9.17, 15) is 4.79 Å². The molecule has 3 N–H and O–H groups in total. The van der Waals surface area contributed by atoms with Gasteiger partial charge in [0.05, 0.1) is 10.9 Å². The standard InChI is InChI=1S/C25H28N2O3/c1-24(2,3)21-11-16-8-15(9-17(13-26)23(16)27-21)10-22(28)25(6-7-25)18-4-5-19-20(12-18)30-14-29-19/h4-5,8-9,11-12,27H,6-7,10,13-14,26H2,1-3H3. The van der Waals surface area contributed by atoms with Crippen LogP contribution in [0.4, 0.5) is 0 Å². The monoisotopic (exact) mass is 404 g/mol. The first-order valence-electron chi connectivity index (χ1n) is 10.6. The molecule has 1 fully saturated rings. The van der Waals surface area contributed by atoms with Crippen molar-refractivity contribution < 1.29 is 14.3 Å². The van der Waals surface area contributed by atoms with Crippen molar-refractivity contribution in [2.24, 2.45) is 5.73 Å². The summed E-state index contributed by atoms with van der Waals surface area (Å²) >= 11 is 0. The van der Waals surface area contributed by atoms with Gasteiger partial charge < -0.3 is 20.2 Å². The second kappa shape index (κ2) is 6.61. The third-order valence-corrected chi connectivity index (χ3v) is 6.47. The van der Waals surface area contributed by atoms with Crippen LogP contribution in [0.15, 0.2) is 36.4 Å². The van der Waals surface area contributed by atoms with E-state index in [-0.39, 0.29) is 18.0 Å². The van der Waals surface area contributed by atoms with Gasteiger partial charge >= 0.3 is 0 Å². The maximum absolute atomic E-state index is 13.4. The summed E-state index contributed by atoms with van der Waals surface area (Å²) in [7, 11) is 0. The van der Waals surface area contributed by atoms with E-state index >= 15 is 0 Å². The lowest BCUT2D eigenvalue weighted by Gasteiger charge is -2.16. The molecule has 2 aliphatic rings. The van der Waals surface area contributed by atoms with Crippen LogP contribution in [-0.2, 0) is 28.6 Å². The fourth-order valence-corrected chi connectivity index (χ4v) is 4.46. The molecule has 3 aromatic rings. The van der Waals surface area contributed by atoms with Crippen molar-refractivity contribution in [3.05, 3.63) is 58.8 Å². The van der Waals surface area contributed by atoms with Gasteiger partial charge in [-0.1, -0.05) is 32.9 Å². The maximum atomic E-state index is 13.4. The van der Waals surface area contributed by atoms with Crippen molar-refractivity contribution in [3.63, 3.8) is 0 Å². The molecule has 0 spiro atoms. The highest BCUT2D eigenvalue weighted by Crippen LogP contribution is 2.51. The largest absolute Gasteiger partial charge is 0.454 e. The number of fused-ring (bicyclic) bond motifs is 2. The number of H-pyrrole nitrogens is 1. The van der Waals surface area contributed by atoms with Gasteiger partial charge in [0.1, 0.15) is 5.78 Å². The van der Waals surface area contributed by atoms with E-state index in [1.54, 1.807) is 0 Å². The highest BCUT2D eigenvalue weighted by Gasteiger charge is 2.50. The van der Waals surface area contributed by atoms with Gasteiger partial charge in [0.15, 0.2) is 11.5 Å². The van der Waals surface area contributed by atoms with Crippen molar-refractivity contribution in [2.75, 3.05) is 6.79 Å². The first kappa shape index (κ1) is 19.2. The topological polar surface area (TPSA) is 77.3 Å². The highest BCUT2D eigenvalue weighted by atomic mass is 16.7. The lowest BCUT2D eigenvalue weighted by atomic mass is 9.87. The van der Waals surface area contributed by atoms with Gasteiger partial charge in [0, 0.05) is 29.5 Å². The van der Waals surface area contributed by atoms with Crippen LogP contribution in [0.2, 0.25) is 0 Å². The number of aromatic nitrogens is 1. The van der Waals surface area contributed by atoms with Gasteiger partial charge in [0.2, 0.25) is 6.79 Å². The number of ether oxygens (including phenoxy) is 2. The summed E-state index contributed by atoms with van der Waals surface area (Å²) in [5, 5.41) is 1.12. The Balaban J connectivity index is 1.46. The van der Waals surface area contributed by atoms with E-state index in [4.69, 9.17) is 15.2 Å². The summed E-state index contributed by atoms with van der Waals surface area (Å²) in [5.41, 5.74) is 11.0. The molecule has 1 aliphatic carbocycles. The van der Waals surface area contributed by atoms with Crippen LogP contribution in [0.5, 0.6) is 11.5 Å². The van der Waals surface area contributed by atoms with Crippen molar-refractivity contribution in [1.82, 2.24) is 4.98 Å². The third kappa shape index (κ3) is 3.08.